The molecule has 3 aromatic carbocycles. The molecule has 2 heterocycles. The van der Waals surface area contributed by atoms with Crippen LogP contribution >= 0.6 is 0 Å². The second-order valence-electron chi connectivity index (χ2n) is 8.67. The highest BCUT2D eigenvalue weighted by molar-refractivity contribution is 6.12. The van der Waals surface area contributed by atoms with Crippen LogP contribution in [0.15, 0.2) is 72.9 Å². The van der Waals surface area contributed by atoms with E-state index in [1.165, 1.54) is 5.56 Å². The molecule has 1 N–H and O–H groups in total. The number of ether oxygens (including phenoxy) is 1. The predicted octanol–water partition coefficient (Wildman–Crippen LogP) is 5.33. The number of nitrogens with zero attached hydrogens (tertiary/aromatic N) is 3. The molecule has 5 rings (SSSR count). The number of fused-ring (bicyclic) bond motifs is 3. The predicted molar refractivity (Wildman–Crippen MR) is 140 cm³/mol. The molecule has 35 heavy (non-hydrogen) atoms. The third-order valence-electron chi connectivity index (χ3n) is 6.47. The number of nitrogens with one attached hydrogen (secondary N) is 1. The minimum Gasteiger partial charge on any atom is -0.496 e. The van der Waals surface area contributed by atoms with E-state index in [9.17, 15) is 4.79 Å². The fourth-order valence-corrected chi connectivity index (χ4v) is 4.67. The normalized spacial score (nSPS) is 11.2. The summed E-state index contributed by atoms with van der Waals surface area (Å²) in [7, 11) is 5.27. The van der Waals surface area contributed by atoms with Gasteiger partial charge in [-0.25, -0.2) is 0 Å². The first-order chi connectivity index (χ1) is 17.1. The minimum atomic E-state index is -0.121. The van der Waals surface area contributed by atoms with Gasteiger partial charge in [0, 0.05) is 42.1 Å². The highest BCUT2D eigenvalue weighted by atomic mass is 16.5. The molecule has 0 fully saturated rings. The minimum absolute atomic E-state index is 0.121. The molecule has 2 aromatic heterocycles. The SMILES string of the molecule is CNC(=O)c1cccc(-c2nn(C)c3cnc4cc(OC)c(CCCc5ccccc5)cc4c23)c1. The molecule has 0 aliphatic rings. The van der Waals surface area contributed by atoms with E-state index in [-0.39, 0.29) is 5.91 Å². The first kappa shape index (κ1) is 22.6. The summed E-state index contributed by atoms with van der Waals surface area (Å²) in [4.78, 5) is 16.9. The number of aryl methyl sites for hydroxylation is 3. The van der Waals surface area contributed by atoms with E-state index in [4.69, 9.17) is 14.8 Å². The lowest BCUT2D eigenvalue weighted by molar-refractivity contribution is 0.0963. The topological polar surface area (TPSA) is 69.0 Å². The van der Waals surface area contributed by atoms with Crippen molar-refractivity contribution in [1.82, 2.24) is 20.1 Å². The number of amides is 1. The molecule has 176 valence electrons. The fourth-order valence-electron chi connectivity index (χ4n) is 4.67. The van der Waals surface area contributed by atoms with Crippen LogP contribution in [0.2, 0.25) is 0 Å². The maximum absolute atomic E-state index is 12.2. The van der Waals surface area contributed by atoms with Crippen LogP contribution in [0.25, 0.3) is 33.1 Å². The van der Waals surface area contributed by atoms with Gasteiger partial charge in [-0.3, -0.25) is 14.5 Å². The van der Waals surface area contributed by atoms with Gasteiger partial charge in [0.25, 0.3) is 5.91 Å². The van der Waals surface area contributed by atoms with Crippen molar-refractivity contribution in [2.24, 2.45) is 7.05 Å². The summed E-state index contributed by atoms with van der Waals surface area (Å²) in [6, 6.07) is 22.3. The van der Waals surface area contributed by atoms with Crippen molar-refractivity contribution < 1.29 is 9.53 Å². The average molecular weight is 465 g/mol. The van der Waals surface area contributed by atoms with Crippen LogP contribution in [-0.4, -0.2) is 34.8 Å². The summed E-state index contributed by atoms with van der Waals surface area (Å²) in [6.45, 7) is 0. The van der Waals surface area contributed by atoms with Gasteiger partial charge < -0.3 is 10.1 Å². The Bertz CT molecular complexity index is 1520. The summed E-state index contributed by atoms with van der Waals surface area (Å²) >= 11 is 0. The zero-order valence-electron chi connectivity index (χ0n) is 20.2. The van der Waals surface area contributed by atoms with Gasteiger partial charge in [0.2, 0.25) is 0 Å². The third-order valence-corrected chi connectivity index (χ3v) is 6.47. The molecule has 0 aliphatic heterocycles. The molecule has 0 saturated carbocycles. The van der Waals surface area contributed by atoms with Crippen molar-refractivity contribution in [2.45, 2.75) is 19.3 Å². The first-order valence-corrected chi connectivity index (χ1v) is 11.8. The number of carbonyl (C=O) groups is 1. The van der Waals surface area contributed by atoms with Gasteiger partial charge in [0.05, 0.1) is 24.3 Å². The summed E-state index contributed by atoms with van der Waals surface area (Å²) in [5.74, 6) is 0.730. The smallest absolute Gasteiger partial charge is 0.251 e. The van der Waals surface area contributed by atoms with E-state index in [1.807, 2.05) is 54.3 Å². The fraction of sp³-hybridized carbons (Fsp3) is 0.207. The Morgan fingerprint density at radius 3 is 2.63 bits per heavy atom. The number of hydrogen-bond acceptors (Lipinski definition) is 4. The molecular weight excluding hydrogens is 436 g/mol. The lowest BCUT2D eigenvalue weighted by Crippen LogP contribution is -2.17. The molecule has 0 unspecified atom stereocenters. The molecule has 0 spiro atoms. The summed E-state index contributed by atoms with van der Waals surface area (Å²) < 4.78 is 7.59. The maximum atomic E-state index is 12.2. The van der Waals surface area contributed by atoms with Crippen molar-refractivity contribution in [3.8, 4) is 17.0 Å². The Hall–Kier alpha value is -4.19. The van der Waals surface area contributed by atoms with E-state index in [2.05, 4.69) is 35.6 Å². The summed E-state index contributed by atoms with van der Waals surface area (Å²) in [6.07, 6.45) is 4.77. The van der Waals surface area contributed by atoms with E-state index in [1.54, 1.807) is 14.2 Å². The zero-order chi connectivity index (χ0) is 24.4. The standard InChI is InChI=1S/C29H28N4O2/c1-30-29(34)22-14-8-13-21(15-22)28-27-23-16-20(12-7-11-19-9-5-4-6-10-19)26(35-3)17-24(23)31-18-25(27)33(2)32-28/h4-6,8-10,13-18H,7,11-12H2,1-3H3,(H,30,34). The molecule has 6 heteroatoms. The Labute approximate surface area is 204 Å². The van der Waals surface area contributed by atoms with Crippen LogP contribution in [0.4, 0.5) is 0 Å². The van der Waals surface area contributed by atoms with Gasteiger partial charge in [0.1, 0.15) is 11.4 Å². The Morgan fingerprint density at radius 1 is 1.03 bits per heavy atom. The van der Waals surface area contributed by atoms with E-state index in [0.29, 0.717) is 5.56 Å². The highest BCUT2D eigenvalue weighted by Gasteiger charge is 2.18. The van der Waals surface area contributed by atoms with Crippen LogP contribution < -0.4 is 10.1 Å². The highest BCUT2D eigenvalue weighted by Crippen LogP contribution is 2.36. The molecule has 0 aliphatic carbocycles. The van der Waals surface area contributed by atoms with Crippen molar-refractivity contribution in [3.05, 3.63) is 89.6 Å². The number of pyridine rings is 1. The molecule has 0 bridgehead atoms. The molecule has 0 radical (unpaired) electrons. The number of benzene rings is 3. The molecule has 6 nitrogen and oxygen atoms in total. The van der Waals surface area contributed by atoms with Crippen LogP contribution in [-0.2, 0) is 19.9 Å². The van der Waals surface area contributed by atoms with Gasteiger partial charge in [0.15, 0.2) is 0 Å². The summed E-state index contributed by atoms with van der Waals surface area (Å²) in [5, 5.41) is 9.58. The van der Waals surface area contributed by atoms with Crippen molar-refractivity contribution in [1.29, 1.82) is 0 Å². The quantitative estimate of drug-likeness (QED) is 0.353. The molecule has 5 aromatic rings. The molecule has 0 saturated heterocycles. The van der Waals surface area contributed by atoms with Crippen LogP contribution in [0, 0.1) is 0 Å². The number of methoxy groups -OCH3 is 1. The van der Waals surface area contributed by atoms with E-state index >= 15 is 0 Å². The van der Waals surface area contributed by atoms with Gasteiger partial charge in [-0.15, -0.1) is 0 Å². The van der Waals surface area contributed by atoms with E-state index in [0.717, 1.165) is 63.6 Å². The van der Waals surface area contributed by atoms with E-state index < -0.39 is 0 Å². The van der Waals surface area contributed by atoms with Crippen molar-refractivity contribution in [3.63, 3.8) is 0 Å². The molecule has 1 amide bonds. The lowest BCUT2D eigenvalue weighted by atomic mass is 9.98. The van der Waals surface area contributed by atoms with Crippen molar-refractivity contribution >= 4 is 27.7 Å². The number of aromatic nitrogens is 3. The van der Waals surface area contributed by atoms with Crippen LogP contribution in [0.5, 0.6) is 5.75 Å². The Balaban J connectivity index is 1.61. The van der Waals surface area contributed by atoms with Crippen LogP contribution in [0.3, 0.4) is 0 Å². The molecular formula is C29H28N4O2. The largest absolute Gasteiger partial charge is 0.496 e. The van der Waals surface area contributed by atoms with Gasteiger partial charge in [-0.05, 0) is 48.6 Å². The second-order valence-corrected chi connectivity index (χ2v) is 8.67. The van der Waals surface area contributed by atoms with Crippen molar-refractivity contribution in [2.75, 3.05) is 14.2 Å². The zero-order valence-corrected chi connectivity index (χ0v) is 20.2. The summed E-state index contributed by atoms with van der Waals surface area (Å²) in [5.41, 5.74) is 6.62. The maximum Gasteiger partial charge on any atom is 0.251 e. The third kappa shape index (κ3) is 4.35. The van der Waals surface area contributed by atoms with Crippen LogP contribution in [0.1, 0.15) is 27.9 Å². The first-order valence-electron chi connectivity index (χ1n) is 11.8. The average Bonchev–Trinajstić information content (AvgIpc) is 3.25. The van der Waals surface area contributed by atoms with Gasteiger partial charge in [-0.2, -0.15) is 5.10 Å². The number of hydrogen-bond donors (Lipinski definition) is 1. The number of rotatable bonds is 7. The Kier molecular flexibility index (Phi) is 6.19. The van der Waals surface area contributed by atoms with Gasteiger partial charge in [-0.1, -0.05) is 42.5 Å². The second kappa shape index (κ2) is 9.58. The Morgan fingerprint density at radius 2 is 1.86 bits per heavy atom. The van der Waals surface area contributed by atoms with Gasteiger partial charge >= 0.3 is 0 Å². The number of carbonyl (C=O) groups excluding carboxylic acids is 1. The monoisotopic (exact) mass is 464 g/mol. The molecule has 0 atom stereocenters. The lowest BCUT2D eigenvalue weighted by Gasteiger charge is -2.12.